The van der Waals surface area contributed by atoms with Gasteiger partial charge >= 0.3 is 18.1 Å². The zero-order chi connectivity index (χ0) is 38.4. The first-order valence-corrected chi connectivity index (χ1v) is 17.9. The lowest BCUT2D eigenvalue weighted by molar-refractivity contribution is -0.687. The number of thiazole rings is 1. The number of halogens is 3. The van der Waals surface area contributed by atoms with E-state index in [1.54, 1.807) is 46.3 Å². The summed E-state index contributed by atoms with van der Waals surface area (Å²) in [5.74, 6) is -3.81. The van der Waals surface area contributed by atoms with Crippen molar-refractivity contribution in [2.75, 3.05) is 23.4 Å². The molecule has 1 saturated heterocycles. The summed E-state index contributed by atoms with van der Waals surface area (Å²) in [4.78, 5) is 60.9. The first-order chi connectivity index (χ1) is 25.2. The molecule has 1 unspecified atom stereocenters. The molecule has 2 aromatic heterocycles. The Kier molecular flexibility index (Phi) is 11.9. The molecule has 2 amide bonds. The number of carbonyl (C=O) groups excluding carboxylic acids is 2. The highest BCUT2D eigenvalue weighted by molar-refractivity contribution is 8.00. The molecule has 0 aliphatic carbocycles. The summed E-state index contributed by atoms with van der Waals surface area (Å²) >= 11 is 2.61. The van der Waals surface area contributed by atoms with E-state index in [4.69, 9.17) is 15.7 Å². The van der Waals surface area contributed by atoms with Gasteiger partial charge in [0, 0.05) is 34.7 Å². The van der Waals surface area contributed by atoms with Gasteiger partial charge in [0.25, 0.3) is 11.8 Å². The van der Waals surface area contributed by atoms with Crippen LogP contribution in [0.5, 0.6) is 0 Å². The zero-order valence-electron chi connectivity index (χ0n) is 28.1. The Hall–Kier alpha value is -5.69. The number of hydrogen-bond acceptors (Lipinski definition) is 11. The Morgan fingerprint density at radius 3 is 2.49 bits per heavy atom. The molecule has 3 aromatic rings. The van der Waals surface area contributed by atoms with E-state index in [0.29, 0.717) is 29.5 Å². The topological polar surface area (TPSA) is 200 Å². The molecule has 0 spiro atoms. The number of carboxylic acid groups (broad SMARTS) is 2. The second-order valence-corrected chi connectivity index (χ2v) is 13.4. The van der Waals surface area contributed by atoms with Gasteiger partial charge in [-0.25, -0.2) is 19.1 Å². The molecular formula is C34H33F3N7O7S2+. The van der Waals surface area contributed by atoms with Crippen LogP contribution in [-0.4, -0.2) is 73.3 Å². The minimum absolute atomic E-state index is 0.0505. The van der Waals surface area contributed by atoms with Gasteiger partial charge in [-0.2, -0.15) is 13.2 Å². The maximum absolute atomic E-state index is 13.4. The van der Waals surface area contributed by atoms with Crippen LogP contribution in [0.15, 0.2) is 88.5 Å². The SMILES string of the molecule is CC/C=C1/C(NC(=O)/C(=N\OCC)c2csc(N)n2)[C@H]2SCC(/C=C/C[n+]3ccc(C(=O)Nc4ccc(C(=O)O)c(C(F)(F)F)c4)cc3)=C(C(=O)O)N12. The number of aromatic nitrogens is 2. The Bertz CT molecular complexity index is 2050. The maximum Gasteiger partial charge on any atom is 0.417 e. The number of oxime groups is 1. The van der Waals surface area contributed by atoms with E-state index in [1.165, 1.54) is 23.9 Å². The predicted octanol–water partition coefficient (Wildman–Crippen LogP) is 4.49. The standard InChI is InChI=1S/C34H32F3N7O7S2/c1-3-6-24-26(41-29(46)25(42-51-4-2)23-17-53-33(38)40-23)30-44(24)27(32(49)50)19(16-52-30)7-5-12-43-13-10-18(11-14-43)28(45)39-20-8-9-21(31(47)48)22(15-20)34(35,36)37/h5-11,13-15,17,26,30H,3-4,12,16H2,1-2H3,(H5-,38,39,40,41,45,46,47,48,49,50)/p+1/b7-5+,24-6-,42-25-/t26?,30-/m1/s1. The fourth-order valence-electron chi connectivity index (χ4n) is 5.52. The number of hydrogen-bond donors (Lipinski definition) is 5. The number of pyridine rings is 1. The van der Waals surface area contributed by atoms with Gasteiger partial charge in [0.15, 0.2) is 29.8 Å². The van der Waals surface area contributed by atoms with Crippen LogP contribution in [0, 0.1) is 0 Å². The van der Waals surface area contributed by atoms with Crippen molar-refractivity contribution in [3.05, 3.63) is 106 Å². The Morgan fingerprint density at radius 1 is 1.15 bits per heavy atom. The number of nitrogens with one attached hydrogen (secondary N) is 2. The largest absolute Gasteiger partial charge is 0.478 e. The number of amides is 2. The average molecular weight is 773 g/mol. The third-order valence-electron chi connectivity index (χ3n) is 7.86. The smallest absolute Gasteiger partial charge is 0.417 e. The van der Waals surface area contributed by atoms with Crippen LogP contribution in [-0.2, 0) is 27.1 Å². The molecule has 0 saturated carbocycles. The van der Waals surface area contributed by atoms with Gasteiger partial charge in [0.2, 0.25) is 0 Å². The predicted molar refractivity (Wildman–Crippen MR) is 190 cm³/mol. The van der Waals surface area contributed by atoms with Crippen molar-refractivity contribution in [1.29, 1.82) is 0 Å². The second kappa shape index (κ2) is 16.3. The minimum atomic E-state index is -4.94. The van der Waals surface area contributed by atoms with E-state index in [1.807, 2.05) is 13.0 Å². The van der Waals surface area contributed by atoms with Crippen LogP contribution >= 0.6 is 23.1 Å². The van der Waals surface area contributed by atoms with Gasteiger partial charge in [-0.1, -0.05) is 24.2 Å². The van der Waals surface area contributed by atoms with Crippen molar-refractivity contribution in [2.24, 2.45) is 5.16 Å². The van der Waals surface area contributed by atoms with Crippen LogP contribution in [0.1, 0.15) is 52.2 Å². The molecule has 14 nitrogen and oxygen atoms in total. The number of anilines is 2. The normalized spacial score (nSPS) is 18.1. The molecule has 1 aromatic carbocycles. The third kappa shape index (κ3) is 8.69. The summed E-state index contributed by atoms with van der Waals surface area (Å²) in [6, 6.07) is 4.80. The Labute approximate surface area is 308 Å². The van der Waals surface area contributed by atoms with E-state index < -0.39 is 52.5 Å². The van der Waals surface area contributed by atoms with E-state index in [9.17, 15) is 37.5 Å². The van der Waals surface area contributed by atoms with Gasteiger partial charge in [-0.15, -0.1) is 23.1 Å². The van der Waals surface area contributed by atoms with E-state index >= 15 is 0 Å². The summed E-state index contributed by atoms with van der Waals surface area (Å²) < 4.78 is 41.8. The number of rotatable bonds is 13. The highest BCUT2D eigenvalue weighted by atomic mass is 32.2. The van der Waals surface area contributed by atoms with Crippen molar-refractivity contribution in [2.45, 2.75) is 44.4 Å². The van der Waals surface area contributed by atoms with Crippen LogP contribution in [0.25, 0.3) is 0 Å². The molecule has 0 bridgehead atoms. The molecule has 2 aliphatic rings. The van der Waals surface area contributed by atoms with Crippen LogP contribution in [0.4, 0.5) is 24.0 Å². The van der Waals surface area contributed by atoms with Crippen LogP contribution in [0.3, 0.4) is 0 Å². The molecule has 278 valence electrons. The van der Waals surface area contributed by atoms with Crippen molar-refractivity contribution in [3.63, 3.8) is 0 Å². The van der Waals surface area contributed by atoms with E-state index in [2.05, 4.69) is 20.8 Å². The Balaban J connectivity index is 1.27. The summed E-state index contributed by atoms with van der Waals surface area (Å²) in [6.45, 7) is 4.13. The maximum atomic E-state index is 13.4. The van der Waals surface area contributed by atoms with Gasteiger partial charge in [0.05, 0.1) is 22.7 Å². The van der Waals surface area contributed by atoms with Gasteiger partial charge in [0.1, 0.15) is 23.4 Å². The number of nitrogens with zero attached hydrogens (tertiary/aromatic N) is 4. The number of carboxylic acids is 2. The number of nitrogens with two attached hydrogens (primary N) is 1. The van der Waals surface area contributed by atoms with E-state index in [0.717, 1.165) is 23.5 Å². The van der Waals surface area contributed by atoms with Gasteiger partial charge in [-0.05, 0) is 43.2 Å². The number of aliphatic carboxylic acids is 1. The molecule has 1 fully saturated rings. The number of fused-ring (bicyclic) bond motifs is 1. The molecule has 4 heterocycles. The highest BCUT2D eigenvalue weighted by Crippen LogP contribution is 2.46. The van der Waals surface area contributed by atoms with Crippen LogP contribution < -0.4 is 20.9 Å². The van der Waals surface area contributed by atoms with E-state index in [-0.39, 0.29) is 46.6 Å². The molecule has 5 rings (SSSR count). The zero-order valence-corrected chi connectivity index (χ0v) is 29.7. The summed E-state index contributed by atoms with van der Waals surface area (Å²) in [6.07, 6.45) is 4.08. The highest BCUT2D eigenvalue weighted by Gasteiger charge is 2.50. The number of aromatic carboxylic acids is 1. The first-order valence-electron chi connectivity index (χ1n) is 15.9. The number of nitrogen functional groups attached to an aromatic ring is 1. The first kappa shape index (κ1) is 38.5. The quantitative estimate of drug-likeness (QED) is 0.0932. The lowest BCUT2D eigenvalue weighted by atomic mass is 9.97. The Morgan fingerprint density at radius 2 is 1.89 bits per heavy atom. The number of allylic oxidation sites excluding steroid dienone is 3. The van der Waals surface area contributed by atoms with Crippen molar-refractivity contribution >= 4 is 63.4 Å². The molecule has 19 heteroatoms. The van der Waals surface area contributed by atoms with Crippen molar-refractivity contribution < 1.29 is 52.0 Å². The fourth-order valence-corrected chi connectivity index (χ4v) is 7.42. The number of benzene rings is 1. The van der Waals surface area contributed by atoms with Crippen molar-refractivity contribution in [1.82, 2.24) is 15.2 Å². The molecule has 2 aliphatic heterocycles. The second-order valence-electron chi connectivity index (χ2n) is 11.4. The van der Waals surface area contributed by atoms with Gasteiger partial charge < -0.3 is 36.3 Å². The number of alkyl halides is 3. The van der Waals surface area contributed by atoms with Crippen molar-refractivity contribution in [3.8, 4) is 0 Å². The minimum Gasteiger partial charge on any atom is -0.478 e. The molecular weight excluding hydrogens is 740 g/mol. The molecule has 53 heavy (non-hydrogen) atoms. The average Bonchev–Trinajstić information content (AvgIpc) is 3.54. The van der Waals surface area contributed by atoms with Gasteiger partial charge in [-0.3, -0.25) is 9.59 Å². The lowest BCUT2D eigenvalue weighted by Gasteiger charge is -2.53. The number of carbonyl (C=O) groups is 4. The molecule has 0 radical (unpaired) electrons. The fraction of sp³-hybridized carbons (Fsp3) is 0.265. The molecule has 2 atom stereocenters. The molecule has 6 N–H and O–H groups in total. The number of thioether (sulfide) groups is 1. The lowest BCUT2D eigenvalue weighted by Crippen LogP contribution is -2.65. The van der Waals surface area contributed by atoms with Crippen LogP contribution in [0.2, 0.25) is 0 Å². The summed E-state index contributed by atoms with van der Waals surface area (Å²) in [5.41, 5.74) is 4.79. The monoisotopic (exact) mass is 772 g/mol. The summed E-state index contributed by atoms with van der Waals surface area (Å²) in [5, 5.41) is 30.1. The third-order valence-corrected chi connectivity index (χ3v) is 9.84. The summed E-state index contributed by atoms with van der Waals surface area (Å²) in [7, 11) is 0.